The third-order valence-electron chi connectivity index (χ3n) is 5.59. The summed E-state index contributed by atoms with van der Waals surface area (Å²) < 4.78 is 5.73. The van der Waals surface area contributed by atoms with Gasteiger partial charge in [-0.15, -0.1) is 0 Å². The van der Waals surface area contributed by atoms with Crippen molar-refractivity contribution in [2.45, 2.75) is 48.0 Å². The highest BCUT2D eigenvalue weighted by Gasteiger charge is 2.28. The molecule has 0 bridgehead atoms. The van der Waals surface area contributed by atoms with Crippen LogP contribution in [-0.2, 0) is 9.53 Å². The molecule has 5 heteroatoms. The number of carbonyl (C=O) groups excluding carboxylic acids is 1. The van der Waals surface area contributed by atoms with Crippen LogP contribution in [-0.4, -0.2) is 92.6 Å². The summed E-state index contributed by atoms with van der Waals surface area (Å²) in [6, 6.07) is 0. The average Bonchev–Trinajstić information content (AvgIpc) is 2.51. The number of ether oxygens (including phenoxy) is 1. The quantitative estimate of drug-likeness (QED) is 0.574. The Balaban J connectivity index is 1.47. The minimum absolute atomic E-state index is 0.241. The molecule has 2 rings (SSSR count). The summed E-state index contributed by atoms with van der Waals surface area (Å²) in [4.78, 5) is 19.6. The van der Waals surface area contributed by atoms with E-state index < -0.39 is 0 Å². The Hall–Kier alpha value is -0.490. The smallest absolute Gasteiger partial charge is 0.140 e. The molecule has 0 spiro atoms. The monoisotopic (exact) mass is 381 g/mol. The Kier molecular flexibility index (Phi) is 8.29. The van der Waals surface area contributed by atoms with E-state index >= 15 is 0 Å². The lowest BCUT2D eigenvalue weighted by atomic mass is 9.89. The van der Waals surface area contributed by atoms with Gasteiger partial charge in [-0.2, -0.15) is 0 Å². The van der Waals surface area contributed by atoms with Crippen LogP contribution < -0.4 is 0 Å². The number of rotatable bonds is 9. The number of ketones is 1. The summed E-state index contributed by atoms with van der Waals surface area (Å²) in [6.07, 6.45) is 0.543. The summed E-state index contributed by atoms with van der Waals surface area (Å²) >= 11 is 0. The lowest BCUT2D eigenvalue weighted by Gasteiger charge is -2.42. The van der Waals surface area contributed by atoms with Gasteiger partial charge >= 0.3 is 0 Å². The predicted molar refractivity (Wildman–Crippen MR) is 112 cm³/mol. The number of hydrogen-bond acceptors (Lipinski definition) is 5. The fourth-order valence-electron chi connectivity index (χ4n) is 3.88. The van der Waals surface area contributed by atoms with E-state index in [0.717, 1.165) is 19.7 Å². The summed E-state index contributed by atoms with van der Waals surface area (Å²) in [7, 11) is 0. The Morgan fingerprint density at radius 2 is 1.44 bits per heavy atom. The minimum atomic E-state index is -0.241. The Morgan fingerprint density at radius 1 is 0.889 bits per heavy atom. The summed E-state index contributed by atoms with van der Waals surface area (Å²) in [6.45, 7) is 25.0. The first-order chi connectivity index (χ1) is 12.5. The van der Waals surface area contributed by atoms with E-state index in [2.05, 4.69) is 35.5 Å². The van der Waals surface area contributed by atoms with Crippen molar-refractivity contribution < 1.29 is 9.53 Å². The zero-order valence-corrected chi connectivity index (χ0v) is 18.7. The van der Waals surface area contributed by atoms with Crippen molar-refractivity contribution in [3.8, 4) is 0 Å². The van der Waals surface area contributed by atoms with Crippen LogP contribution >= 0.6 is 0 Å². The van der Waals surface area contributed by atoms with Gasteiger partial charge in [0, 0.05) is 76.7 Å². The molecular weight excluding hydrogens is 338 g/mol. The van der Waals surface area contributed by atoms with E-state index in [1.54, 1.807) is 0 Å². The molecule has 2 heterocycles. The molecule has 2 aliphatic rings. The number of carbonyl (C=O) groups is 1. The van der Waals surface area contributed by atoms with Crippen molar-refractivity contribution in [3.63, 3.8) is 0 Å². The van der Waals surface area contributed by atoms with Crippen molar-refractivity contribution >= 4 is 5.78 Å². The molecule has 2 fully saturated rings. The molecule has 0 saturated carbocycles. The van der Waals surface area contributed by atoms with Gasteiger partial charge in [-0.1, -0.05) is 41.5 Å². The van der Waals surface area contributed by atoms with Crippen LogP contribution in [0, 0.1) is 16.7 Å². The van der Waals surface area contributed by atoms with Crippen LogP contribution in [0.5, 0.6) is 0 Å². The summed E-state index contributed by atoms with van der Waals surface area (Å²) in [5.41, 5.74) is 0.159. The van der Waals surface area contributed by atoms with Crippen LogP contribution in [0.15, 0.2) is 0 Å². The van der Waals surface area contributed by atoms with E-state index in [0.29, 0.717) is 30.1 Å². The number of nitrogens with zero attached hydrogens (tertiary/aromatic N) is 3. The highest BCUT2D eigenvalue weighted by Crippen LogP contribution is 2.19. The number of piperazine rings is 1. The number of Topliss-reactive ketones (excluding diaryl/α,β-unsaturated/α-hetero) is 1. The molecule has 0 unspecified atom stereocenters. The topological polar surface area (TPSA) is 36.0 Å². The molecule has 2 aliphatic heterocycles. The molecular formula is C22H43N3O2. The summed E-state index contributed by atoms with van der Waals surface area (Å²) in [5.74, 6) is 0.943. The van der Waals surface area contributed by atoms with Crippen molar-refractivity contribution in [1.82, 2.24) is 14.7 Å². The van der Waals surface area contributed by atoms with Gasteiger partial charge in [-0.05, 0) is 5.41 Å². The molecule has 0 aromatic heterocycles. The van der Waals surface area contributed by atoms with Crippen LogP contribution in [0.1, 0.15) is 48.0 Å². The standard InChI is InChI=1S/C22H43N3O2/c1-21(2,3)18-24-11-8-23(9-12-24)10-13-25-15-19(16-25)17-27-14-7-20(26)22(4,5)6/h19H,7-18H2,1-6H3. The molecule has 0 aliphatic carbocycles. The Morgan fingerprint density at radius 3 is 2.00 bits per heavy atom. The molecule has 0 amide bonds. The maximum Gasteiger partial charge on any atom is 0.140 e. The van der Waals surface area contributed by atoms with Crippen molar-refractivity contribution in [2.75, 3.05) is 72.1 Å². The van der Waals surface area contributed by atoms with Crippen LogP contribution in [0.2, 0.25) is 0 Å². The highest BCUT2D eigenvalue weighted by molar-refractivity contribution is 5.83. The Bertz CT molecular complexity index is 453. The first kappa shape index (κ1) is 22.8. The third-order valence-corrected chi connectivity index (χ3v) is 5.59. The molecule has 0 aromatic rings. The fraction of sp³-hybridized carbons (Fsp3) is 0.955. The lowest BCUT2D eigenvalue weighted by Crippen LogP contribution is -2.54. The van der Waals surface area contributed by atoms with Crippen LogP contribution in [0.4, 0.5) is 0 Å². The minimum Gasteiger partial charge on any atom is -0.381 e. The molecule has 0 N–H and O–H groups in total. The Labute approximate surface area is 167 Å². The van der Waals surface area contributed by atoms with E-state index in [1.807, 2.05) is 20.8 Å². The van der Waals surface area contributed by atoms with Gasteiger partial charge < -0.3 is 14.5 Å². The molecule has 0 atom stereocenters. The zero-order chi connectivity index (χ0) is 20.1. The lowest BCUT2D eigenvalue weighted by molar-refractivity contribution is -0.127. The zero-order valence-electron chi connectivity index (χ0n) is 18.7. The normalized spacial score (nSPS) is 21.4. The first-order valence-electron chi connectivity index (χ1n) is 10.8. The van der Waals surface area contributed by atoms with Crippen molar-refractivity contribution in [2.24, 2.45) is 16.7 Å². The molecule has 0 aromatic carbocycles. The van der Waals surface area contributed by atoms with E-state index in [9.17, 15) is 4.79 Å². The summed E-state index contributed by atoms with van der Waals surface area (Å²) in [5, 5.41) is 0. The molecule has 0 radical (unpaired) electrons. The van der Waals surface area contributed by atoms with E-state index in [-0.39, 0.29) is 5.41 Å². The SMILES string of the molecule is CC(C)(C)CN1CCN(CCN2CC(COCCC(=O)C(C)(C)C)C2)CC1. The number of hydrogen-bond donors (Lipinski definition) is 0. The van der Waals surface area contributed by atoms with Gasteiger partial charge in [0.25, 0.3) is 0 Å². The molecule has 2 saturated heterocycles. The van der Waals surface area contributed by atoms with Crippen molar-refractivity contribution in [1.29, 1.82) is 0 Å². The number of likely N-dealkylation sites (tertiary alicyclic amines) is 1. The average molecular weight is 382 g/mol. The van der Waals surface area contributed by atoms with Gasteiger partial charge in [-0.3, -0.25) is 9.69 Å². The van der Waals surface area contributed by atoms with Crippen LogP contribution in [0.3, 0.4) is 0 Å². The second kappa shape index (κ2) is 9.82. The van der Waals surface area contributed by atoms with Gasteiger partial charge in [0.05, 0.1) is 13.2 Å². The molecule has 5 nitrogen and oxygen atoms in total. The van der Waals surface area contributed by atoms with Gasteiger partial charge in [0.2, 0.25) is 0 Å². The largest absolute Gasteiger partial charge is 0.381 e. The fourth-order valence-corrected chi connectivity index (χ4v) is 3.88. The predicted octanol–water partition coefficient (Wildman–Crippen LogP) is 2.60. The highest BCUT2D eigenvalue weighted by atomic mass is 16.5. The maximum atomic E-state index is 11.9. The van der Waals surface area contributed by atoms with E-state index in [4.69, 9.17) is 4.74 Å². The molecule has 158 valence electrons. The van der Waals surface area contributed by atoms with Crippen LogP contribution in [0.25, 0.3) is 0 Å². The van der Waals surface area contributed by atoms with Gasteiger partial charge in [0.1, 0.15) is 5.78 Å². The third kappa shape index (κ3) is 8.59. The van der Waals surface area contributed by atoms with Gasteiger partial charge in [-0.25, -0.2) is 0 Å². The van der Waals surface area contributed by atoms with Crippen molar-refractivity contribution in [3.05, 3.63) is 0 Å². The second-order valence-corrected chi connectivity index (χ2v) is 10.8. The second-order valence-electron chi connectivity index (χ2n) is 10.8. The van der Waals surface area contributed by atoms with E-state index in [1.165, 1.54) is 45.8 Å². The van der Waals surface area contributed by atoms with Gasteiger partial charge in [0.15, 0.2) is 0 Å². The maximum absolute atomic E-state index is 11.9. The first-order valence-corrected chi connectivity index (χ1v) is 10.8. The molecule has 27 heavy (non-hydrogen) atoms.